The van der Waals surface area contributed by atoms with Crippen LogP contribution in [-0.4, -0.2) is 23.8 Å². The maximum Gasteiger partial charge on any atom is 0.248 e. The number of carbonyl (C=O) groups excluding carboxylic acids is 2. The number of allylic oxidation sites excluding steroid dienone is 1. The fraction of sp³-hybridized carbons (Fsp3) is 0.0526. The second-order valence-corrected chi connectivity index (χ2v) is 5.67. The molecule has 124 valence electrons. The lowest BCUT2D eigenvalue weighted by Gasteiger charge is -2.01. The first kappa shape index (κ1) is 15.0. The second kappa shape index (κ2) is 5.52. The Balaban J connectivity index is 1.75. The first-order chi connectivity index (χ1) is 12.1. The molecule has 4 rings (SSSR count). The van der Waals surface area contributed by atoms with Gasteiger partial charge in [-0.3, -0.25) is 9.59 Å². The van der Waals surface area contributed by atoms with Crippen molar-refractivity contribution in [3.05, 3.63) is 65.0 Å². The first-order valence-electron chi connectivity index (χ1n) is 7.60. The highest BCUT2D eigenvalue weighted by Crippen LogP contribution is 2.34. The topological polar surface area (TPSA) is 94.4 Å². The Bertz CT molecular complexity index is 1060. The lowest BCUT2D eigenvalue weighted by atomic mass is 10.1. The average molecular weight is 334 g/mol. The van der Waals surface area contributed by atoms with Crippen molar-refractivity contribution in [2.24, 2.45) is 5.73 Å². The number of nitrogens with one attached hydrogen (secondary N) is 1. The Morgan fingerprint density at radius 3 is 2.84 bits per heavy atom. The van der Waals surface area contributed by atoms with Gasteiger partial charge < -0.3 is 20.2 Å². The van der Waals surface area contributed by atoms with Crippen molar-refractivity contribution in [2.45, 2.75) is 0 Å². The molecule has 3 aromatic rings. The Morgan fingerprint density at radius 1 is 1.24 bits per heavy atom. The number of fused-ring (bicyclic) bond motifs is 2. The van der Waals surface area contributed by atoms with Gasteiger partial charge in [-0.05, 0) is 42.5 Å². The van der Waals surface area contributed by atoms with Crippen molar-refractivity contribution < 1.29 is 19.1 Å². The number of methoxy groups -OCH3 is 1. The molecule has 0 saturated carbocycles. The van der Waals surface area contributed by atoms with Crippen LogP contribution in [0.15, 0.2) is 48.4 Å². The molecule has 2 aromatic carbocycles. The van der Waals surface area contributed by atoms with E-state index in [1.54, 1.807) is 25.4 Å². The van der Waals surface area contributed by atoms with Gasteiger partial charge in [0.1, 0.15) is 11.5 Å². The number of aromatic nitrogens is 1. The van der Waals surface area contributed by atoms with Gasteiger partial charge in [-0.2, -0.15) is 0 Å². The summed E-state index contributed by atoms with van der Waals surface area (Å²) >= 11 is 0. The number of ketones is 1. The van der Waals surface area contributed by atoms with Crippen molar-refractivity contribution in [3.8, 4) is 11.5 Å². The maximum atomic E-state index is 12.5. The van der Waals surface area contributed by atoms with E-state index in [1.807, 2.05) is 18.2 Å². The number of ether oxygens (including phenoxy) is 2. The molecular formula is C19H14N2O4. The molecule has 6 heteroatoms. The number of hydrogen-bond donors (Lipinski definition) is 2. The predicted octanol–water partition coefficient (Wildman–Crippen LogP) is 2.89. The quantitative estimate of drug-likeness (QED) is 0.720. The molecule has 0 aliphatic carbocycles. The molecule has 3 N–H and O–H groups in total. The fourth-order valence-electron chi connectivity index (χ4n) is 2.85. The molecule has 2 heterocycles. The summed E-state index contributed by atoms with van der Waals surface area (Å²) < 4.78 is 10.9. The van der Waals surface area contributed by atoms with Gasteiger partial charge in [0.15, 0.2) is 5.76 Å². The molecule has 0 atom stereocenters. The maximum absolute atomic E-state index is 12.5. The zero-order valence-corrected chi connectivity index (χ0v) is 13.3. The number of Topliss-reactive ketones (excluding diaryl/α,β-unsaturated/α-hetero) is 1. The highest BCUT2D eigenvalue weighted by Gasteiger charge is 2.28. The second-order valence-electron chi connectivity index (χ2n) is 5.67. The number of nitrogens with two attached hydrogens (primary N) is 1. The normalized spacial score (nSPS) is 14.6. The smallest absolute Gasteiger partial charge is 0.248 e. The van der Waals surface area contributed by atoms with Crippen molar-refractivity contribution in [3.63, 3.8) is 0 Å². The number of amides is 1. The molecule has 0 saturated heterocycles. The predicted molar refractivity (Wildman–Crippen MR) is 92.7 cm³/mol. The molecular weight excluding hydrogens is 320 g/mol. The summed E-state index contributed by atoms with van der Waals surface area (Å²) in [6.45, 7) is 0. The van der Waals surface area contributed by atoms with E-state index in [0.29, 0.717) is 16.9 Å². The molecule has 0 radical (unpaired) electrons. The third-order valence-corrected chi connectivity index (χ3v) is 4.16. The van der Waals surface area contributed by atoms with Gasteiger partial charge in [0.2, 0.25) is 11.7 Å². The van der Waals surface area contributed by atoms with Crippen LogP contribution < -0.4 is 15.2 Å². The van der Waals surface area contributed by atoms with Crippen LogP contribution in [0.25, 0.3) is 17.0 Å². The molecule has 25 heavy (non-hydrogen) atoms. The Labute approximate surface area is 142 Å². The lowest BCUT2D eigenvalue weighted by Crippen LogP contribution is -2.10. The number of rotatable bonds is 3. The van der Waals surface area contributed by atoms with Crippen LogP contribution >= 0.6 is 0 Å². The SMILES string of the molecule is COc1ccc2[nH]cc(C=C3Oc4cc(C(N)=O)ccc4C3=O)c2c1. The van der Waals surface area contributed by atoms with Crippen LogP contribution in [0, 0.1) is 0 Å². The standard InChI is InChI=1S/C19H14N2O4/c1-24-12-3-5-15-14(8-12)11(9-21-15)7-17-18(22)13-4-2-10(19(20)23)6-16(13)25-17/h2-9,21H,1H3,(H2,20,23). The molecule has 1 aliphatic heterocycles. The number of primary amides is 1. The molecule has 0 unspecified atom stereocenters. The minimum absolute atomic E-state index is 0.195. The molecule has 1 aromatic heterocycles. The molecule has 0 bridgehead atoms. The monoisotopic (exact) mass is 334 g/mol. The fourth-order valence-corrected chi connectivity index (χ4v) is 2.85. The molecule has 0 fully saturated rings. The summed E-state index contributed by atoms with van der Waals surface area (Å²) in [5.74, 6) is 0.452. The van der Waals surface area contributed by atoms with Crippen LogP contribution in [0.3, 0.4) is 0 Å². The molecule has 6 nitrogen and oxygen atoms in total. The Kier molecular flexibility index (Phi) is 3.32. The van der Waals surface area contributed by atoms with Crippen LogP contribution in [0.2, 0.25) is 0 Å². The summed E-state index contributed by atoms with van der Waals surface area (Å²) in [5.41, 5.74) is 7.70. The van der Waals surface area contributed by atoms with Crippen LogP contribution in [0.5, 0.6) is 11.5 Å². The van der Waals surface area contributed by atoms with Gasteiger partial charge in [0.05, 0.1) is 12.7 Å². The van der Waals surface area contributed by atoms with Gasteiger partial charge in [-0.1, -0.05) is 0 Å². The third-order valence-electron chi connectivity index (χ3n) is 4.16. The van der Waals surface area contributed by atoms with Gasteiger partial charge in [0.25, 0.3) is 0 Å². The summed E-state index contributed by atoms with van der Waals surface area (Å²) in [5, 5.41) is 0.914. The minimum Gasteiger partial charge on any atom is -0.497 e. The molecule has 1 aliphatic rings. The third kappa shape index (κ3) is 2.44. The average Bonchev–Trinajstić information content (AvgIpc) is 3.16. The highest BCUT2D eigenvalue weighted by atomic mass is 16.5. The molecule has 1 amide bonds. The number of aromatic amines is 1. The van der Waals surface area contributed by atoms with E-state index in [4.69, 9.17) is 15.2 Å². The summed E-state index contributed by atoms with van der Waals surface area (Å²) in [6.07, 6.45) is 3.47. The van der Waals surface area contributed by atoms with Crippen LogP contribution in [0.1, 0.15) is 26.3 Å². The number of H-pyrrole nitrogens is 1. The van der Waals surface area contributed by atoms with E-state index in [-0.39, 0.29) is 11.5 Å². The van der Waals surface area contributed by atoms with Gasteiger partial charge in [-0.25, -0.2) is 0 Å². The summed E-state index contributed by atoms with van der Waals surface area (Å²) in [7, 11) is 1.60. The Morgan fingerprint density at radius 2 is 2.08 bits per heavy atom. The first-order valence-corrected chi connectivity index (χ1v) is 7.60. The van der Waals surface area contributed by atoms with Crippen molar-refractivity contribution >= 4 is 28.7 Å². The van der Waals surface area contributed by atoms with E-state index in [0.717, 1.165) is 22.2 Å². The largest absolute Gasteiger partial charge is 0.497 e. The van der Waals surface area contributed by atoms with Crippen molar-refractivity contribution in [1.82, 2.24) is 4.98 Å². The van der Waals surface area contributed by atoms with Gasteiger partial charge in [-0.15, -0.1) is 0 Å². The van der Waals surface area contributed by atoms with Crippen molar-refractivity contribution in [1.29, 1.82) is 0 Å². The lowest BCUT2D eigenvalue weighted by molar-refractivity contribution is 0.0996. The molecule has 0 spiro atoms. The van der Waals surface area contributed by atoms with E-state index in [1.165, 1.54) is 12.1 Å². The number of benzene rings is 2. The van der Waals surface area contributed by atoms with Crippen molar-refractivity contribution in [2.75, 3.05) is 7.11 Å². The van der Waals surface area contributed by atoms with Crippen LogP contribution in [-0.2, 0) is 0 Å². The minimum atomic E-state index is -0.569. The van der Waals surface area contributed by atoms with E-state index < -0.39 is 5.91 Å². The van der Waals surface area contributed by atoms with Gasteiger partial charge >= 0.3 is 0 Å². The highest BCUT2D eigenvalue weighted by molar-refractivity contribution is 6.15. The van der Waals surface area contributed by atoms with E-state index in [9.17, 15) is 9.59 Å². The van der Waals surface area contributed by atoms with Crippen LogP contribution in [0.4, 0.5) is 0 Å². The Hall–Kier alpha value is -3.54. The van der Waals surface area contributed by atoms with E-state index in [2.05, 4.69) is 4.98 Å². The summed E-state index contributed by atoms with van der Waals surface area (Å²) in [6, 6.07) is 10.2. The zero-order chi connectivity index (χ0) is 17.6. The number of carbonyl (C=O) groups is 2. The zero-order valence-electron chi connectivity index (χ0n) is 13.3. The number of hydrogen-bond acceptors (Lipinski definition) is 4. The van der Waals surface area contributed by atoms with Gasteiger partial charge in [0, 0.05) is 28.2 Å². The van der Waals surface area contributed by atoms with E-state index >= 15 is 0 Å². The summed E-state index contributed by atoms with van der Waals surface area (Å²) in [4.78, 5) is 26.9.